The maximum atomic E-state index is 12.9. The van der Waals surface area contributed by atoms with Gasteiger partial charge in [0.05, 0.1) is 10.5 Å². The zero-order valence-corrected chi connectivity index (χ0v) is 13.5. The van der Waals surface area contributed by atoms with Gasteiger partial charge in [0.1, 0.15) is 11.5 Å². The summed E-state index contributed by atoms with van der Waals surface area (Å²) in [5.41, 5.74) is 0.106. The molecule has 2 aromatic carbocycles. The predicted octanol–water partition coefficient (Wildman–Crippen LogP) is 3.20. The summed E-state index contributed by atoms with van der Waals surface area (Å²) in [6.45, 7) is 1.37. The molecule has 2 rings (SSSR count). The minimum absolute atomic E-state index is 0.0514. The number of ketones is 1. The Hall–Kier alpha value is -3.29. The molecule has 2 aromatic rings. The average Bonchev–Trinajstić information content (AvgIpc) is 2.60. The molecule has 1 N–H and O–H groups in total. The van der Waals surface area contributed by atoms with Gasteiger partial charge in [0.25, 0.3) is 5.69 Å². The monoisotopic (exact) mass is 346 g/mol. The first-order valence-corrected chi connectivity index (χ1v) is 7.30. The maximum Gasteiger partial charge on any atom is 0.339 e. The Kier molecular flexibility index (Phi) is 5.43. The fourth-order valence-electron chi connectivity index (χ4n) is 2.15. The van der Waals surface area contributed by atoms with Crippen LogP contribution in [0.4, 0.5) is 15.8 Å². The first-order valence-electron chi connectivity index (χ1n) is 7.30. The molecule has 7 nitrogen and oxygen atoms in total. The summed E-state index contributed by atoms with van der Waals surface area (Å²) in [5.74, 6) is -1.86. The van der Waals surface area contributed by atoms with Gasteiger partial charge in [-0.15, -0.1) is 0 Å². The summed E-state index contributed by atoms with van der Waals surface area (Å²) in [5, 5.41) is 13.7. The van der Waals surface area contributed by atoms with Gasteiger partial charge in [0, 0.05) is 18.7 Å². The number of rotatable bonds is 6. The third-order valence-corrected chi connectivity index (χ3v) is 3.48. The van der Waals surface area contributed by atoms with Gasteiger partial charge in [-0.25, -0.2) is 9.18 Å². The summed E-state index contributed by atoms with van der Waals surface area (Å²) < 4.78 is 18.0. The topological polar surface area (TPSA) is 98.5 Å². The normalized spacial score (nSPS) is 11.5. The van der Waals surface area contributed by atoms with Crippen LogP contribution in [0.2, 0.25) is 0 Å². The van der Waals surface area contributed by atoms with E-state index in [0.29, 0.717) is 0 Å². The molecule has 25 heavy (non-hydrogen) atoms. The molecule has 130 valence electrons. The predicted molar refractivity (Wildman–Crippen MR) is 88.3 cm³/mol. The van der Waals surface area contributed by atoms with Crippen molar-refractivity contribution in [1.82, 2.24) is 0 Å². The highest BCUT2D eigenvalue weighted by atomic mass is 19.1. The van der Waals surface area contributed by atoms with Gasteiger partial charge in [-0.2, -0.15) is 0 Å². The molecule has 0 aliphatic rings. The number of carbonyl (C=O) groups excluding carboxylic acids is 2. The van der Waals surface area contributed by atoms with E-state index in [4.69, 9.17) is 4.74 Å². The standard InChI is InChI=1S/C17H15FN2O5/c1-10(16(21)11-3-6-13(18)7-4-11)25-17(22)12-5-8-14(19-2)15(9-12)20(23)24/h3-10,19H,1-2H3/t10-/m0/s1. The Morgan fingerprint density at radius 2 is 1.76 bits per heavy atom. The summed E-state index contributed by atoms with van der Waals surface area (Å²) in [7, 11) is 1.52. The Balaban J connectivity index is 2.15. The second-order valence-electron chi connectivity index (χ2n) is 5.16. The number of carbonyl (C=O) groups is 2. The Morgan fingerprint density at radius 3 is 2.32 bits per heavy atom. The number of anilines is 1. The van der Waals surface area contributed by atoms with Gasteiger partial charge in [0.2, 0.25) is 5.78 Å². The van der Waals surface area contributed by atoms with Crippen LogP contribution in [-0.2, 0) is 4.74 Å². The molecule has 0 aliphatic heterocycles. The van der Waals surface area contributed by atoms with Gasteiger partial charge in [-0.05, 0) is 43.3 Å². The molecular weight excluding hydrogens is 331 g/mol. The third kappa shape index (κ3) is 4.17. The first-order chi connectivity index (χ1) is 11.8. The Labute approximate surface area is 142 Å². The van der Waals surface area contributed by atoms with Crippen molar-refractivity contribution in [3.8, 4) is 0 Å². The number of hydrogen-bond donors (Lipinski definition) is 1. The summed E-state index contributed by atoms with van der Waals surface area (Å²) in [6.07, 6.45) is -1.12. The lowest BCUT2D eigenvalue weighted by molar-refractivity contribution is -0.384. The van der Waals surface area contributed by atoms with Gasteiger partial charge in [-0.1, -0.05) is 0 Å². The van der Waals surface area contributed by atoms with Crippen LogP contribution in [-0.4, -0.2) is 29.8 Å². The highest BCUT2D eigenvalue weighted by Crippen LogP contribution is 2.25. The number of nitro groups is 1. The number of ether oxygens (including phenoxy) is 1. The summed E-state index contributed by atoms with van der Waals surface area (Å²) >= 11 is 0. The van der Waals surface area contributed by atoms with Crippen molar-refractivity contribution in [1.29, 1.82) is 0 Å². The molecule has 0 spiro atoms. The van der Waals surface area contributed by atoms with E-state index in [2.05, 4.69) is 5.32 Å². The van der Waals surface area contributed by atoms with Crippen molar-refractivity contribution in [2.45, 2.75) is 13.0 Å². The fraction of sp³-hybridized carbons (Fsp3) is 0.176. The minimum atomic E-state index is -1.12. The van der Waals surface area contributed by atoms with E-state index in [-0.39, 0.29) is 22.5 Å². The van der Waals surface area contributed by atoms with Crippen LogP contribution in [0, 0.1) is 15.9 Å². The van der Waals surface area contributed by atoms with Crippen molar-refractivity contribution in [2.75, 3.05) is 12.4 Å². The first kappa shape index (κ1) is 18.1. The summed E-state index contributed by atoms with van der Waals surface area (Å²) in [4.78, 5) is 34.7. The van der Waals surface area contributed by atoms with E-state index in [1.165, 1.54) is 38.2 Å². The molecular formula is C17H15FN2O5. The second-order valence-corrected chi connectivity index (χ2v) is 5.16. The van der Waals surface area contributed by atoms with Crippen molar-refractivity contribution < 1.29 is 23.6 Å². The number of benzene rings is 2. The fourth-order valence-corrected chi connectivity index (χ4v) is 2.15. The van der Waals surface area contributed by atoms with Crippen LogP contribution in [0.3, 0.4) is 0 Å². The molecule has 0 amide bonds. The number of Topliss-reactive ketones (excluding diaryl/α,β-unsaturated/α-hetero) is 1. The molecule has 0 aromatic heterocycles. The molecule has 0 radical (unpaired) electrons. The average molecular weight is 346 g/mol. The van der Waals surface area contributed by atoms with E-state index in [1.807, 2.05) is 0 Å². The van der Waals surface area contributed by atoms with E-state index in [0.717, 1.165) is 18.2 Å². The highest BCUT2D eigenvalue weighted by Gasteiger charge is 2.23. The molecule has 8 heteroatoms. The lowest BCUT2D eigenvalue weighted by Crippen LogP contribution is -2.24. The third-order valence-electron chi connectivity index (χ3n) is 3.48. The summed E-state index contributed by atoms with van der Waals surface area (Å²) in [6, 6.07) is 8.63. The molecule has 0 aliphatic carbocycles. The SMILES string of the molecule is CNc1ccc(C(=O)O[C@@H](C)C(=O)c2ccc(F)cc2)cc1[N+](=O)[O-]. The van der Waals surface area contributed by atoms with Crippen LogP contribution in [0.1, 0.15) is 27.6 Å². The number of esters is 1. The van der Waals surface area contributed by atoms with Gasteiger partial charge < -0.3 is 10.1 Å². The van der Waals surface area contributed by atoms with Crippen LogP contribution in [0.5, 0.6) is 0 Å². The minimum Gasteiger partial charge on any atom is -0.451 e. The highest BCUT2D eigenvalue weighted by molar-refractivity contribution is 6.01. The van der Waals surface area contributed by atoms with Gasteiger partial charge in [-0.3, -0.25) is 14.9 Å². The largest absolute Gasteiger partial charge is 0.451 e. The lowest BCUT2D eigenvalue weighted by Gasteiger charge is -2.13. The molecule has 1 atom stereocenters. The van der Waals surface area contributed by atoms with Crippen molar-refractivity contribution in [2.24, 2.45) is 0 Å². The zero-order chi connectivity index (χ0) is 18.6. The number of nitrogens with one attached hydrogen (secondary N) is 1. The van der Waals surface area contributed by atoms with Crippen LogP contribution in [0.25, 0.3) is 0 Å². The molecule has 0 bridgehead atoms. The van der Waals surface area contributed by atoms with E-state index >= 15 is 0 Å². The quantitative estimate of drug-likeness (QED) is 0.373. The van der Waals surface area contributed by atoms with E-state index in [1.54, 1.807) is 0 Å². The van der Waals surface area contributed by atoms with Crippen molar-refractivity contribution in [3.05, 3.63) is 69.5 Å². The second kappa shape index (κ2) is 7.52. The lowest BCUT2D eigenvalue weighted by atomic mass is 10.1. The number of nitrogens with zero attached hydrogens (tertiary/aromatic N) is 1. The van der Waals surface area contributed by atoms with Crippen molar-refractivity contribution >= 4 is 23.1 Å². The molecule has 0 saturated heterocycles. The van der Waals surface area contributed by atoms with E-state index in [9.17, 15) is 24.1 Å². The van der Waals surface area contributed by atoms with Crippen LogP contribution < -0.4 is 5.32 Å². The number of halogens is 1. The molecule has 0 heterocycles. The smallest absolute Gasteiger partial charge is 0.339 e. The van der Waals surface area contributed by atoms with Crippen LogP contribution in [0.15, 0.2) is 42.5 Å². The number of hydrogen-bond acceptors (Lipinski definition) is 6. The number of nitro benzene ring substituents is 1. The van der Waals surface area contributed by atoms with Crippen LogP contribution >= 0.6 is 0 Å². The van der Waals surface area contributed by atoms with Crippen molar-refractivity contribution in [3.63, 3.8) is 0 Å². The van der Waals surface area contributed by atoms with Gasteiger partial charge in [0.15, 0.2) is 6.10 Å². The Morgan fingerprint density at radius 1 is 1.16 bits per heavy atom. The Bertz CT molecular complexity index is 820. The zero-order valence-electron chi connectivity index (χ0n) is 13.5. The molecule has 0 fully saturated rings. The maximum absolute atomic E-state index is 12.9. The molecule has 0 unspecified atom stereocenters. The molecule has 0 saturated carbocycles. The van der Waals surface area contributed by atoms with Gasteiger partial charge >= 0.3 is 5.97 Å². The van der Waals surface area contributed by atoms with E-state index < -0.39 is 28.6 Å².